The number of para-hydroxylation sites is 1. The van der Waals surface area contributed by atoms with Crippen molar-refractivity contribution in [2.24, 2.45) is 0 Å². The highest BCUT2D eigenvalue weighted by atomic mass is 32.2. The van der Waals surface area contributed by atoms with E-state index in [4.69, 9.17) is 4.74 Å². The van der Waals surface area contributed by atoms with E-state index < -0.39 is 5.97 Å². The van der Waals surface area contributed by atoms with Gasteiger partial charge in [0.1, 0.15) is 4.88 Å². The number of carbonyl (C=O) groups is 2. The Balaban J connectivity index is 1.93. The van der Waals surface area contributed by atoms with E-state index in [0.29, 0.717) is 16.3 Å². The number of amides is 1. The van der Waals surface area contributed by atoms with Crippen molar-refractivity contribution in [2.75, 3.05) is 18.2 Å². The van der Waals surface area contributed by atoms with Gasteiger partial charge in [-0.25, -0.2) is 9.78 Å². The third-order valence-corrected chi connectivity index (χ3v) is 4.65. The predicted octanol–water partition coefficient (Wildman–Crippen LogP) is 3.28. The number of hydrogen-bond donors (Lipinski definition) is 1. The molecule has 5 nitrogen and oxygen atoms in total. The molecular formula is C15H16N2O3S2. The molecule has 0 saturated heterocycles. The zero-order valence-electron chi connectivity index (χ0n) is 12.5. The van der Waals surface area contributed by atoms with Crippen LogP contribution in [0.15, 0.2) is 29.2 Å². The van der Waals surface area contributed by atoms with Gasteiger partial charge in [-0.2, -0.15) is 0 Å². The maximum absolute atomic E-state index is 11.9. The first-order chi connectivity index (χ1) is 10.5. The van der Waals surface area contributed by atoms with Crippen LogP contribution in [0, 0.1) is 13.8 Å². The standard InChI is InChI=1S/C15H16N2O3S2/c1-9-14(22-10(2)16-9)15(19)20-8-13(18)17-11-6-4-5-7-12(11)21-3/h4-7H,8H2,1-3H3,(H,17,18). The summed E-state index contributed by atoms with van der Waals surface area (Å²) in [5.41, 5.74) is 1.33. The molecule has 7 heteroatoms. The minimum Gasteiger partial charge on any atom is -0.451 e. The molecule has 0 aliphatic carbocycles. The molecule has 1 aromatic carbocycles. The molecule has 0 bridgehead atoms. The maximum atomic E-state index is 11.9. The number of thioether (sulfide) groups is 1. The van der Waals surface area contributed by atoms with E-state index in [1.807, 2.05) is 37.4 Å². The Kier molecular flexibility index (Phi) is 5.57. The minimum atomic E-state index is -0.517. The Morgan fingerprint density at radius 3 is 2.68 bits per heavy atom. The van der Waals surface area contributed by atoms with Gasteiger partial charge in [0.05, 0.1) is 16.4 Å². The monoisotopic (exact) mass is 336 g/mol. The lowest BCUT2D eigenvalue weighted by Gasteiger charge is -2.09. The molecule has 0 fully saturated rings. The number of benzene rings is 1. The van der Waals surface area contributed by atoms with E-state index in [9.17, 15) is 9.59 Å². The first-order valence-electron chi connectivity index (χ1n) is 6.55. The topological polar surface area (TPSA) is 68.3 Å². The van der Waals surface area contributed by atoms with Gasteiger partial charge in [-0.15, -0.1) is 23.1 Å². The fraction of sp³-hybridized carbons (Fsp3) is 0.267. The van der Waals surface area contributed by atoms with Crippen molar-refractivity contribution < 1.29 is 14.3 Å². The van der Waals surface area contributed by atoms with Gasteiger partial charge < -0.3 is 10.1 Å². The van der Waals surface area contributed by atoms with Crippen LogP contribution < -0.4 is 5.32 Å². The van der Waals surface area contributed by atoms with Crippen LogP contribution in [0.3, 0.4) is 0 Å². The highest BCUT2D eigenvalue weighted by molar-refractivity contribution is 7.98. The number of nitrogens with zero attached hydrogens (tertiary/aromatic N) is 1. The van der Waals surface area contributed by atoms with Gasteiger partial charge in [0, 0.05) is 4.90 Å². The number of hydrogen-bond acceptors (Lipinski definition) is 6. The molecule has 0 aliphatic heterocycles. The Bertz CT molecular complexity index is 698. The highest BCUT2D eigenvalue weighted by Crippen LogP contribution is 2.24. The zero-order chi connectivity index (χ0) is 16.1. The summed E-state index contributed by atoms with van der Waals surface area (Å²) in [6.45, 7) is 3.24. The number of carbonyl (C=O) groups excluding carboxylic acids is 2. The second-order valence-electron chi connectivity index (χ2n) is 4.47. The largest absolute Gasteiger partial charge is 0.451 e. The fourth-order valence-corrected chi connectivity index (χ4v) is 3.22. The third-order valence-electron chi connectivity index (χ3n) is 2.80. The number of rotatable bonds is 5. The summed E-state index contributed by atoms with van der Waals surface area (Å²) < 4.78 is 5.04. The molecule has 0 saturated carbocycles. The molecule has 1 aromatic heterocycles. The van der Waals surface area contributed by atoms with Gasteiger partial charge in [-0.05, 0) is 32.2 Å². The number of thiazole rings is 1. The van der Waals surface area contributed by atoms with Gasteiger partial charge in [-0.1, -0.05) is 12.1 Å². The van der Waals surface area contributed by atoms with Crippen molar-refractivity contribution in [3.63, 3.8) is 0 Å². The summed E-state index contributed by atoms with van der Waals surface area (Å²) in [7, 11) is 0. The molecule has 2 aromatic rings. The molecule has 0 unspecified atom stereocenters. The van der Waals surface area contributed by atoms with E-state index in [2.05, 4.69) is 10.3 Å². The van der Waals surface area contributed by atoms with Crippen LogP contribution in [0.5, 0.6) is 0 Å². The van der Waals surface area contributed by atoms with Crippen molar-refractivity contribution in [1.82, 2.24) is 4.98 Å². The van der Waals surface area contributed by atoms with E-state index in [1.165, 1.54) is 23.1 Å². The zero-order valence-corrected chi connectivity index (χ0v) is 14.1. The van der Waals surface area contributed by atoms with Gasteiger partial charge in [0.25, 0.3) is 5.91 Å². The van der Waals surface area contributed by atoms with Gasteiger partial charge in [0.15, 0.2) is 6.61 Å². The molecule has 1 N–H and O–H groups in total. The summed E-state index contributed by atoms with van der Waals surface area (Å²) in [6.07, 6.45) is 1.93. The van der Waals surface area contributed by atoms with E-state index in [1.54, 1.807) is 6.92 Å². The van der Waals surface area contributed by atoms with Crippen molar-refractivity contribution >= 4 is 40.7 Å². The summed E-state index contributed by atoms with van der Waals surface area (Å²) in [5.74, 6) is -0.884. The number of aromatic nitrogens is 1. The second kappa shape index (κ2) is 7.42. The van der Waals surface area contributed by atoms with Crippen LogP contribution in [0.25, 0.3) is 0 Å². The van der Waals surface area contributed by atoms with E-state index in [-0.39, 0.29) is 12.5 Å². The number of nitrogens with one attached hydrogen (secondary N) is 1. The lowest BCUT2D eigenvalue weighted by molar-refractivity contribution is -0.119. The fourth-order valence-electron chi connectivity index (χ4n) is 1.85. The lowest BCUT2D eigenvalue weighted by atomic mass is 10.3. The molecular weight excluding hydrogens is 320 g/mol. The van der Waals surface area contributed by atoms with Crippen LogP contribution in [0.1, 0.15) is 20.4 Å². The van der Waals surface area contributed by atoms with E-state index >= 15 is 0 Å². The first-order valence-corrected chi connectivity index (χ1v) is 8.59. The SMILES string of the molecule is CSc1ccccc1NC(=O)COC(=O)c1sc(C)nc1C. The molecule has 0 aliphatic rings. The smallest absolute Gasteiger partial charge is 0.350 e. The third kappa shape index (κ3) is 4.08. The summed E-state index contributed by atoms with van der Waals surface area (Å²) in [5, 5.41) is 3.53. The summed E-state index contributed by atoms with van der Waals surface area (Å²) >= 11 is 2.80. The second-order valence-corrected chi connectivity index (χ2v) is 6.52. The minimum absolute atomic E-state index is 0.321. The van der Waals surface area contributed by atoms with E-state index in [0.717, 1.165) is 9.90 Å². The lowest BCUT2D eigenvalue weighted by Crippen LogP contribution is -2.21. The highest BCUT2D eigenvalue weighted by Gasteiger charge is 2.17. The molecule has 116 valence electrons. The van der Waals surface area contributed by atoms with Gasteiger partial charge >= 0.3 is 5.97 Å². The first kappa shape index (κ1) is 16.5. The van der Waals surface area contributed by atoms with Crippen LogP contribution in [0.4, 0.5) is 5.69 Å². The molecule has 2 rings (SSSR count). The van der Waals surface area contributed by atoms with Crippen LogP contribution >= 0.6 is 23.1 Å². The van der Waals surface area contributed by atoms with Crippen LogP contribution in [-0.4, -0.2) is 29.7 Å². The number of esters is 1. The van der Waals surface area contributed by atoms with Crippen LogP contribution in [-0.2, 0) is 9.53 Å². The average Bonchev–Trinajstić information content (AvgIpc) is 2.84. The molecule has 22 heavy (non-hydrogen) atoms. The molecule has 0 radical (unpaired) electrons. The number of aryl methyl sites for hydroxylation is 2. The normalized spacial score (nSPS) is 10.3. The van der Waals surface area contributed by atoms with Crippen molar-refractivity contribution in [3.8, 4) is 0 Å². The molecule has 0 atom stereocenters. The van der Waals surface area contributed by atoms with Crippen molar-refractivity contribution in [3.05, 3.63) is 39.8 Å². The van der Waals surface area contributed by atoms with Crippen molar-refractivity contribution in [1.29, 1.82) is 0 Å². The number of anilines is 1. The Morgan fingerprint density at radius 2 is 2.05 bits per heavy atom. The van der Waals surface area contributed by atoms with Crippen molar-refractivity contribution in [2.45, 2.75) is 18.7 Å². The van der Waals surface area contributed by atoms with Crippen LogP contribution in [0.2, 0.25) is 0 Å². The van der Waals surface area contributed by atoms with Gasteiger partial charge in [0.2, 0.25) is 0 Å². The molecule has 0 spiro atoms. The Morgan fingerprint density at radius 1 is 1.32 bits per heavy atom. The number of ether oxygens (including phenoxy) is 1. The maximum Gasteiger partial charge on any atom is 0.350 e. The quantitative estimate of drug-likeness (QED) is 0.670. The molecule has 1 amide bonds. The summed E-state index contributed by atoms with van der Waals surface area (Å²) in [4.78, 5) is 29.4. The summed E-state index contributed by atoms with van der Waals surface area (Å²) in [6, 6.07) is 7.46. The Hall–Kier alpha value is -1.86. The predicted molar refractivity (Wildman–Crippen MR) is 88.7 cm³/mol. The van der Waals surface area contributed by atoms with Gasteiger partial charge in [-0.3, -0.25) is 4.79 Å². The molecule has 1 heterocycles. The Labute approximate surface area is 137 Å². The average molecular weight is 336 g/mol.